The highest BCUT2D eigenvalue weighted by atomic mass is 35.5. The quantitative estimate of drug-likeness (QED) is 0.351. The molecule has 170 valence electrons. The van der Waals surface area contributed by atoms with Gasteiger partial charge in [-0.3, -0.25) is 4.79 Å². The van der Waals surface area contributed by atoms with Crippen LogP contribution < -0.4 is 15.0 Å². The number of hydrogen-bond acceptors (Lipinski definition) is 5. The van der Waals surface area contributed by atoms with Crippen molar-refractivity contribution < 1.29 is 9.47 Å². The summed E-state index contributed by atoms with van der Waals surface area (Å²) in [7, 11) is 1.60. The SMILES string of the molecule is COc1cc(-c2nc3sc4c(c3c(=O)[nH]2)CCCCCC4)ccc1OCc1ccc(Cl)cc1. The van der Waals surface area contributed by atoms with Gasteiger partial charge in [-0.25, -0.2) is 4.98 Å². The Morgan fingerprint density at radius 1 is 1.03 bits per heavy atom. The van der Waals surface area contributed by atoms with Crippen LogP contribution in [0.25, 0.3) is 21.6 Å². The van der Waals surface area contributed by atoms with Gasteiger partial charge in [0.25, 0.3) is 5.56 Å². The van der Waals surface area contributed by atoms with Gasteiger partial charge >= 0.3 is 0 Å². The van der Waals surface area contributed by atoms with Crippen LogP contribution in [0, 0.1) is 0 Å². The van der Waals surface area contributed by atoms with Crippen molar-refractivity contribution in [1.82, 2.24) is 9.97 Å². The lowest BCUT2D eigenvalue weighted by Gasteiger charge is -2.12. The van der Waals surface area contributed by atoms with E-state index < -0.39 is 0 Å². The fraction of sp³-hybridized carbons (Fsp3) is 0.308. The number of aromatic nitrogens is 2. The van der Waals surface area contributed by atoms with Crippen molar-refractivity contribution in [3.8, 4) is 22.9 Å². The van der Waals surface area contributed by atoms with Crippen LogP contribution in [0.2, 0.25) is 5.02 Å². The topological polar surface area (TPSA) is 64.2 Å². The van der Waals surface area contributed by atoms with Gasteiger partial charge in [-0.05, 0) is 67.1 Å². The molecule has 2 heterocycles. The van der Waals surface area contributed by atoms with Crippen LogP contribution in [0.5, 0.6) is 11.5 Å². The standard InChI is InChI=1S/C26H25ClN2O3S/c1-31-21-14-17(10-13-20(21)32-15-16-8-11-18(27)12-9-16)24-28-25(30)23-19-6-4-2-3-5-7-22(19)33-26(23)29-24/h8-14H,2-7,15H2,1H3,(H,28,29,30). The molecule has 33 heavy (non-hydrogen) atoms. The molecule has 4 aromatic rings. The Morgan fingerprint density at radius 3 is 2.61 bits per heavy atom. The lowest BCUT2D eigenvalue weighted by Crippen LogP contribution is -2.10. The number of benzene rings is 2. The van der Waals surface area contributed by atoms with Crippen LogP contribution in [-0.4, -0.2) is 17.1 Å². The van der Waals surface area contributed by atoms with Crippen molar-refractivity contribution in [3.05, 3.63) is 73.8 Å². The molecular weight excluding hydrogens is 456 g/mol. The summed E-state index contributed by atoms with van der Waals surface area (Å²) in [5, 5.41) is 1.47. The molecule has 0 amide bonds. The predicted octanol–water partition coefficient (Wildman–Crippen LogP) is 6.55. The van der Waals surface area contributed by atoms with Gasteiger partial charge in [0, 0.05) is 15.5 Å². The number of aromatic amines is 1. The molecule has 1 aliphatic rings. The summed E-state index contributed by atoms with van der Waals surface area (Å²) in [6.45, 7) is 0.397. The maximum Gasteiger partial charge on any atom is 0.260 e. The van der Waals surface area contributed by atoms with Crippen LogP contribution in [-0.2, 0) is 19.4 Å². The maximum atomic E-state index is 13.1. The van der Waals surface area contributed by atoms with Gasteiger partial charge in [0.15, 0.2) is 11.5 Å². The van der Waals surface area contributed by atoms with Crippen LogP contribution in [0.4, 0.5) is 0 Å². The fourth-order valence-electron chi connectivity index (χ4n) is 4.33. The summed E-state index contributed by atoms with van der Waals surface area (Å²) in [5.41, 5.74) is 2.94. The summed E-state index contributed by atoms with van der Waals surface area (Å²) in [5.74, 6) is 1.76. The second-order valence-electron chi connectivity index (χ2n) is 8.29. The van der Waals surface area contributed by atoms with E-state index in [1.165, 1.54) is 29.7 Å². The molecule has 2 aromatic carbocycles. The molecule has 7 heteroatoms. The van der Waals surface area contributed by atoms with Gasteiger partial charge in [-0.2, -0.15) is 0 Å². The number of methoxy groups -OCH3 is 1. The Kier molecular flexibility index (Phi) is 6.38. The van der Waals surface area contributed by atoms with Crippen molar-refractivity contribution in [3.63, 3.8) is 0 Å². The Bertz CT molecular complexity index is 1340. The van der Waals surface area contributed by atoms with Gasteiger partial charge in [-0.15, -0.1) is 11.3 Å². The summed E-state index contributed by atoms with van der Waals surface area (Å²) < 4.78 is 11.5. The number of H-pyrrole nitrogens is 1. The summed E-state index contributed by atoms with van der Waals surface area (Å²) in [4.78, 5) is 23.0. The number of hydrogen-bond donors (Lipinski definition) is 1. The number of thiophene rings is 1. The molecule has 0 radical (unpaired) electrons. The average molecular weight is 481 g/mol. The lowest BCUT2D eigenvalue weighted by atomic mass is 9.98. The summed E-state index contributed by atoms with van der Waals surface area (Å²) >= 11 is 7.62. The smallest absolute Gasteiger partial charge is 0.260 e. The van der Waals surface area contributed by atoms with E-state index >= 15 is 0 Å². The lowest BCUT2D eigenvalue weighted by molar-refractivity contribution is 0.284. The molecule has 0 atom stereocenters. The van der Waals surface area contributed by atoms with E-state index in [2.05, 4.69) is 4.98 Å². The maximum absolute atomic E-state index is 13.1. The molecule has 2 aromatic heterocycles. The van der Waals surface area contributed by atoms with Crippen molar-refractivity contribution in [2.24, 2.45) is 0 Å². The van der Waals surface area contributed by atoms with Crippen molar-refractivity contribution in [2.45, 2.75) is 45.1 Å². The molecule has 0 aliphatic heterocycles. The number of nitrogens with zero attached hydrogens (tertiary/aromatic N) is 1. The van der Waals surface area contributed by atoms with Gasteiger partial charge in [0.1, 0.15) is 17.3 Å². The second kappa shape index (κ2) is 9.57. The van der Waals surface area contributed by atoms with E-state index in [9.17, 15) is 4.79 Å². The number of aryl methyl sites for hydroxylation is 2. The first kappa shape index (κ1) is 22.0. The highest BCUT2D eigenvalue weighted by molar-refractivity contribution is 7.18. The number of ether oxygens (including phenoxy) is 2. The first-order chi connectivity index (χ1) is 16.1. The molecular formula is C26H25ClN2O3S. The number of rotatable bonds is 5. The number of fused-ring (bicyclic) bond motifs is 3. The molecule has 0 spiro atoms. The van der Waals surface area contributed by atoms with Crippen LogP contribution in [0.15, 0.2) is 47.3 Å². The van der Waals surface area contributed by atoms with E-state index in [4.69, 9.17) is 26.1 Å². The first-order valence-electron chi connectivity index (χ1n) is 11.2. The molecule has 0 saturated carbocycles. The van der Waals surface area contributed by atoms with Crippen LogP contribution in [0.3, 0.4) is 0 Å². The van der Waals surface area contributed by atoms with Crippen LogP contribution in [0.1, 0.15) is 41.7 Å². The van der Waals surface area contributed by atoms with E-state index in [0.29, 0.717) is 29.0 Å². The third kappa shape index (κ3) is 4.63. The largest absolute Gasteiger partial charge is 0.493 e. The Hall–Kier alpha value is -2.83. The van der Waals surface area contributed by atoms with E-state index in [0.717, 1.165) is 40.6 Å². The van der Waals surface area contributed by atoms with E-state index in [1.807, 2.05) is 42.5 Å². The first-order valence-corrected chi connectivity index (χ1v) is 12.4. The zero-order chi connectivity index (χ0) is 22.8. The molecule has 1 N–H and O–H groups in total. The zero-order valence-electron chi connectivity index (χ0n) is 18.4. The molecule has 0 fully saturated rings. The fourth-order valence-corrected chi connectivity index (χ4v) is 5.72. The average Bonchev–Trinajstić information content (AvgIpc) is 3.15. The van der Waals surface area contributed by atoms with Gasteiger partial charge in [-0.1, -0.05) is 36.6 Å². The summed E-state index contributed by atoms with van der Waals surface area (Å²) in [6, 6.07) is 13.1. The van der Waals surface area contributed by atoms with Crippen LogP contribution >= 0.6 is 22.9 Å². The minimum atomic E-state index is -0.0601. The molecule has 5 rings (SSSR count). The molecule has 1 aliphatic carbocycles. The monoisotopic (exact) mass is 480 g/mol. The highest BCUT2D eigenvalue weighted by Gasteiger charge is 2.19. The van der Waals surface area contributed by atoms with Gasteiger partial charge < -0.3 is 14.5 Å². The van der Waals surface area contributed by atoms with E-state index in [-0.39, 0.29) is 5.56 Å². The van der Waals surface area contributed by atoms with Gasteiger partial charge in [0.2, 0.25) is 0 Å². The third-order valence-electron chi connectivity index (χ3n) is 6.07. The van der Waals surface area contributed by atoms with E-state index in [1.54, 1.807) is 18.4 Å². The highest BCUT2D eigenvalue weighted by Crippen LogP contribution is 2.35. The molecule has 0 saturated heterocycles. The normalized spacial score (nSPS) is 13.9. The van der Waals surface area contributed by atoms with Crippen molar-refractivity contribution >= 4 is 33.2 Å². The summed E-state index contributed by atoms with van der Waals surface area (Å²) in [6.07, 6.45) is 6.81. The minimum Gasteiger partial charge on any atom is -0.493 e. The number of nitrogens with one attached hydrogen (secondary N) is 1. The molecule has 0 unspecified atom stereocenters. The Labute approximate surface area is 201 Å². The molecule has 0 bridgehead atoms. The zero-order valence-corrected chi connectivity index (χ0v) is 20.0. The predicted molar refractivity (Wildman–Crippen MR) is 134 cm³/mol. The third-order valence-corrected chi connectivity index (χ3v) is 7.51. The Balaban J connectivity index is 1.45. The number of halogens is 1. The molecule has 5 nitrogen and oxygen atoms in total. The van der Waals surface area contributed by atoms with Crippen molar-refractivity contribution in [1.29, 1.82) is 0 Å². The van der Waals surface area contributed by atoms with Crippen molar-refractivity contribution in [2.75, 3.05) is 7.11 Å². The Morgan fingerprint density at radius 2 is 1.82 bits per heavy atom. The second-order valence-corrected chi connectivity index (χ2v) is 9.81. The van der Waals surface area contributed by atoms with Gasteiger partial charge in [0.05, 0.1) is 12.5 Å². The minimum absolute atomic E-state index is 0.0601.